The highest BCUT2D eigenvalue weighted by Gasteiger charge is 1.52. The fraction of sp³-hybridized carbons (Fsp3) is 0. The average molecular weight is 104 g/mol. The number of nitrogens with zero attached hydrogens (tertiary/aromatic N) is 1. The molecule has 0 rings (SSSR count). The lowest BCUT2D eigenvalue weighted by atomic mass is 11.5. The van der Waals surface area contributed by atoms with Crippen molar-refractivity contribution in [3.05, 3.63) is 0 Å². The summed E-state index contributed by atoms with van der Waals surface area (Å²) in [5, 5.41) is 9.84. The Morgan fingerprint density at radius 1 is 2.00 bits per heavy atom. The van der Waals surface area contributed by atoms with Crippen LogP contribution in [0.15, 0.2) is 0 Å². The predicted octanol–water partition coefficient (Wildman–Crippen LogP) is 0.380. The second-order valence-corrected chi connectivity index (χ2v) is 1.27. The normalized spacial score (nSPS) is 6.20. The van der Waals surface area contributed by atoms with Crippen LogP contribution in [0.4, 0.5) is 0 Å². The first-order valence-corrected chi connectivity index (χ1v) is 2.79. The molecule has 4 heteroatoms. The summed E-state index contributed by atoms with van der Waals surface area (Å²) in [6.07, 6.45) is 1.65. The maximum absolute atomic E-state index is 7.63. The van der Waals surface area contributed by atoms with Crippen molar-refractivity contribution in [1.82, 2.24) is 5.09 Å². The molecule has 0 atom stereocenters. The van der Waals surface area contributed by atoms with E-state index in [-0.39, 0.29) is 0 Å². The second-order valence-electron chi connectivity index (χ2n) is 0.315. The molecule has 5 heavy (non-hydrogen) atoms. The third-order valence-corrected chi connectivity index (χ3v) is 0.561. The van der Waals surface area contributed by atoms with E-state index < -0.39 is 0 Å². The maximum Gasteiger partial charge on any atom is 0.185 e. The lowest BCUT2D eigenvalue weighted by Gasteiger charge is -1.62. The standard InChI is InChI=1S/CHN2PS/c2-1-3-4-5/h(H,3,5). The first-order chi connectivity index (χ1) is 2.41. The van der Waals surface area contributed by atoms with Crippen LogP contribution in [-0.2, 0) is 11.8 Å². The topological polar surface area (TPSA) is 35.8 Å². The number of nitriles is 1. The van der Waals surface area contributed by atoms with E-state index in [0.29, 0.717) is 7.51 Å². The van der Waals surface area contributed by atoms with Gasteiger partial charge in [-0.2, -0.15) is 5.26 Å². The van der Waals surface area contributed by atoms with Crippen LogP contribution >= 0.6 is 7.51 Å². The highest BCUT2D eigenvalue weighted by Crippen LogP contribution is 1.72. The zero-order valence-electron chi connectivity index (χ0n) is 2.30. The number of hydrogen-bond donors (Lipinski definition) is 1. The van der Waals surface area contributed by atoms with Gasteiger partial charge in [-0.25, -0.2) is 0 Å². The van der Waals surface area contributed by atoms with Crippen LogP contribution < -0.4 is 5.09 Å². The highest BCUT2D eigenvalue weighted by molar-refractivity contribution is 7.95. The van der Waals surface area contributed by atoms with Gasteiger partial charge >= 0.3 is 0 Å². The molecule has 0 unspecified atom stereocenters. The lowest BCUT2D eigenvalue weighted by Crippen LogP contribution is -1.77. The molecule has 0 aliphatic heterocycles. The van der Waals surface area contributed by atoms with Crippen molar-refractivity contribution in [2.45, 2.75) is 0 Å². The first kappa shape index (κ1) is 4.81. The zero-order valence-corrected chi connectivity index (χ0v) is 4.01. The highest BCUT2D eigenvalue weighted by atomic mass is 32.4. The molecular formula is CHN2PS. The minimum absolute atomic E-state index is 0.502. The van der Waals surface area contributed by atoms with E-state index in [1.807, 2.05) is 0 Å². The fourth-order valence-corrected chi connectivity index (χ4v) is 0.184. The largest absolute Gasteiger partial charge is 0.266 e. The minimum atomic E-state index is 0.502. The van der Waals surface area contributed by atoms with Crippen LogP contribution in [0.2, 0.25) is 0 Å². The Morgan fingerprint density at radius 2 is 2.60 bits per heavy atom. The number of rotatable bonds is 1. The summed E-state index contributed by atoms with van der Waals surface area (Å²) in [7, 11) is 0.502. The van der Waals surface area contributed by atoms with Crippen molar-refractivity contribution < 1.29 is 0 Å². The molecule has 0 fully saturated rings. The van der Waals surface area contributed by atoms with E-state index in [2.05, 4.69) is 16.9 Å². The molecule has 0 aliphatic carbocycles. The molecule has 0 aromatic heterocycles. The van der Waals surface area contributed by atoms with Gasteiger partial charge in [0, 0.05) is 0 Å². The van der Waals surface area contributed by atoms with E-state index in [0.717, 1.165) is 0 Å². The van der Waals surface area contributed by atoms with Gasteiger partial charge in [0.05, 0.1) is 0 Å². The monoisotopic (exact) mass is 104 g/mol. The fourth-order valence-electron chi connectivity index (χ4n) is 0.0204. The van der Waals surface area contributed by atoms with Gasteiger partial charge in [-0.05, 0) is 11.8 Å². The van der Waals surface area contributed by atoms with Crippen LogP contribution in [0.3, 0.4) is 0 Å². The van der Waals surface area contributed by atoms with Crippen molar-refractivity contribution in [2.24, 2.45) is 0 Å². The van der Waals surface area contributed by atoms with Crippen LogP contribution in [0.25, 0.3) is 0 Å². The van der Waals surface area contributed by atoms with E-state index in [1.165, 1.54) is 0 Å². The van der Waals surface area contributed by atoms with Crippen molar-refractivity contribution >= 4 is 19.3 Å². The Labute approximate surface area is 36.7 Å². The van der Waals surface area contributed by atoms with Gasteiger partial charge in [0.25, 0.3) is 0 Å². The molecule has 1 N–H and O–H groups in total. The van der Waals surface area contributed by atoms with Gasteiger partial charge in [0.2, 0.25) is 0 Å². The number of nitrogens with one attached hydrogen (secondary N) is 1. The van der Waals surface area contributed by atoms with Crippen LogP contribution in [0.5, 0.6) is 0 Å². The summed E-state index contributed by atoms with van der Waals surface area (Å²) in [6, 6.07) is 0. The molecule has 26 valence electrons. The van der Waals surface area contributed by atoms with E-state index in [1.54, 1.807) is 6.19 Å². The molecule has 0 saturated heterocycles. The van der Waals surface area contributed by atoms with Crippen molar-refractivity contribution in [2.75, 3.05) is 0 Å². The third kappa shape index (κ3) is 3.81. The molecule has 0 bridgehead atoms. The van der Waals surface area contributed by atoms with Gasteiger partial charge in [-0.3, -0.25) is 5.09 Å². The van der Waals surface area contributed by atoms with Gasteiger partial charge in [-0.1, -0.05) is 0 Å². The summed E-state index contributed by atoms with van der Waals surface area (Å²) in [4.78, 5) is 0. The first-order valence-electron chi connectivity index (χ1n) is 0.880. The summed E-state index contributed by atoms with van der Waals surface area (Å²) in [5.74, 6) is 0. The summed E-state index contributed by atoms with van der Waals surface area (Å²) in [5.41, 5.74) is 0. The second kappa shape index (κ2) is 3.81. The minimum Gasteiger partial charge on any atom is -0.266 e. The Bertz CT molecular complexity index is 64.5. The lowest BCUT2D eigenvalue weighted by molar-refractivity contribution is 1.37. The molecule has 0 saturated carbocycles. The van der Waals surface area contributed by atoms with Crippen LogP contribution in [0, 0.1) is 11.5 Å². The van der Waals surface area contributed by atoms with Gasteiger partial charge in [0.15, 0.2) is 6.19 Å². The zero-order chi connectivity index (χ0) is 4.12. The summed E-state index contributed by atoms with van der Waals surface area (Å²) >= 11 is 4.29. The van der Waals surface area contributed by atoms with E-state index >= 15 is 0 Å². The molecule has 0 amide bonds. The van der Waals surface area contributed by atoms with Crippen LogP contribution in [-0.4, -0.2) is 0 Å². The molecule has 0 aliphatic rings. The Kier molecular flexibility index (Phi) is 3.67. The van der Waals surface area contributed by atoms with Crippen molar-refractivity contribution in [1.29, 1.82) is 5.26 Å². The molecular weight excluding hydrogens is 103 g/mol. The Morgan fingerprint density at radius 3 is 2.60 bits per heavy atom. The Hall–Kier alpha value is -0.190. The van der Waals surface area contributed by atoms with E-state index in [9.17, 15) is 0 Å². The van der Waals surface area contributed by atoms with Gasteiger partial charge < -0.3 is 0 Å². The van der Waals surface area contributed by atoms with E-state index in [4.69, 9.17) is 5.26 Å². The average Bonchev–Trinajstić information content (AvgIpc) is 1.41. The molecule has 0 aromatic rings. The third-order valence-electron chi connectivity index (χ3n) is 0.0956. The predicted molar refractivity (Wildman–Crippen MR) is 23.0 cm³/mol. The van der Waals surface area contributed by atoms with Crippen molar-refractivity contribution in [3.8, 4) is 6.19 Å². The molecule has 0 radical (unpaired) electrons. The maximum atomic E-state index is 7.63. The SMILES string of the molecule is N#CNP=S. The smallest absolute Gasteiger partial charge is 0.185 e. The molecule has 0 spiro atoms. The number of hydrogen-bond acceptors (Lipinski definition) is 2. The summed E-state index contributed by atoms with van der Waals surface area (Å²) in [6.45, 7) is 0. The Balaban J connectivity index is 2.75. The van der Waals surface area contributed by atoms with Crippen molar-refractivity contribution in [3.63, 3.8) is 0 Å². The molecule has 0 aromatic carbocycles. The quantitative estimate of drug-likeness (QED) is 0.297. The van der Waals surface area contributed by atoms with Gasteiger partial charge in [-0.15, -0.1) is 0 Å². The van der Waals surface area contributed by atoms with Crippen LogP contribution in [0.1, 0.15) is 0 Å². The molecule has 0 heterocycles. The summed E-state index contributed by atoms with van der Waals surface area (Å²) < 4.78 is 0. The van der Waals surface area contributed by atoms with Gasteiger partial charge in [0.1, 0.15) is 7.51 Å². The molecule has 2 nitrogen and oxygen atoms in total.